The van der Waals surface area contributed by atoms with Crippen LogP contribution in [0.15, 0.2) is 48.5 Å². The van der Waals surface area contributed by atoms with Gasteiger partial charge in [0.25, 0.3) is 0 Å². The zero-order valence-electron chi connectivity index (χ0n) is 13.7. The highest BCUT2D eigenvalue weighted by Gasteiger charge is 2.03. The third-order valence-corrected chi connectivity index (χ3v) is 3.50. The van der Waals surface area contributed by atoms with Gasteiger partial charge in [0.05, 0.1) is 13.7 Å². The Morgan fingerprint density at radius 2 is 1.87 bits per heavy atom. The molecule has 2 rings (SSSR count). The van der Waals surface area contributed by atoms with Gasteiger partial charge >= 0.3 is 0 Å². The summed E-state index contributed by atoms with van der Waals surface area (Å²) in [5.74, 6) is 1.54. The van der Waals surface area contributed by atoms with E-state index < -0.39 is 0 Å². The van der Waals surface area contributed by atoms with E-state index in [1.807, 2.05) is 30.3 Å². The summed E-state index contributed by atoms with van der Waals surface area (Å²) in [6, 6.07) is 15.4. The molecular formula is C19H23NO3. The van der Waals surface area contributed by atoms with E-state index in [0.717, 1.165) is 23.6 Å². The molecule has 0 aliphatic rings. The average Bonchev–Trinajstić information content (AvgIpc) is 2.59. The molecule has 0 unspecified atom stereocenters. The lowest BCUT2D eigenvalue weighted by Gasteiger charge is -2.08. The van der Waals surface area contributed by atoms with Gasteiger partial charge in [-0.15, -0.1) is 0 Å². The normalized spacial score (nSPS) is 10.2. The third kappa shape index (κ3) is 5.66. The van der Waals surface area contributed by atoms with Crippen molar-refractivity contribution in [3.63, 3.8) is 0 Å². The van der Waals surface area contributed by atoms with Gasteiger partial charge in [-0.25, -0.2) is 0 Å². The molecule has 2 aromatic rings. The fourth-order valence-corrected chi connectivity index (χ4v) is 2.17. The van der Waals surface area contributed by atoms with Crippen molar-refractivity contribution in [2.24, 2.45) is 0 Å². The number of hydrogen-bond acceptors (Lipinski definition) is 3. The van der Waals surface area contributed by atoms with Gasteiger partial charge in [0.2, 0.25) is 5.91 Å². The fourth-order valence-electron chi connectivity index (χ4n) is 2.17. The van der Waals surface area contributed by atoms with Crippen molar-refractivity contribution >= 4 is 11.6 Å². The molecule has 0 radical (unpaired) electrons. The highest BCUT2D eigenvalue weighted by Crippen LogP contribution is 2.17. The Labute approximate surface area is 137 Å². The van der Waals surface area contributed by atoms with Gasteiger partial charge in [-0.1, -0.05) is 25.1 Å². The molecule has 0 saturated carbocycles. The van der Waals surface area contributed by atoms with E-state index in [4.69, 9.17) is 9.47 Å². The minimum Gasteiger partial charge on any atom is -0.497 e. The van der Waals surface area contributed by atoms with Gasteiger partial charge in [0.15, 0.2) is 0 Å². The van der Waals surface area contributed by atoms with Crippen LogP contribution < -0.4 is 14.8 Å². The summed E-state index contributed by atoms with van der Waals surface area (Å²) >= 11 is 0. The summed E-state index contributed by atoms with van der Waals surface area (Å²) in [5, 5.41) is 2.86. The van der Waals surface area contributed by atoms with Crippen LogP contribution >= 0.6 is 0 Å². The minimum atomic E-state index is -0.0248. The van der Waals surface area contributed by atoms with Crippen molar-refractivity contribution in [1.29, 1.82) is 0 Å². The van der Waals surface area contributed by atoms with Crippen molar-refractivity contribution in [3.05, 3.63) is 54.1 Å². The van der Waals surface area contributed by atoms with Crippen LogP contribution in [0.2, 0.25) is 0 Å². The molecule has 122 valence electrons. The molecular weight excluding hydrogens is 290 g/mol. The highest BCUT2D eigenvalue weighted by atomic mass is 16.5. The Kier molecular flexibility index (Phi) is 6.48. The lowest BCUT2D eigenvalue weighted by atomic mass is 10.2. The zero-order valence-corrected chi connectivity index (χ0v) is 13.7. The van der Waals surface area contributed by atoms with Crippen LogP contribution in [0.1, 0.15) is 25.3 Å². The van der Waals surface area contributed by atoms with Crippen molar-refractivity contribution in [3.8, 4) is 11.5 Å². The smallest absolute Gasteiger partial charge is 0.224 e. The van der Waals surface area contributed by atoms with Gasteiger partial charge in [0.1, 0.15) is 11.5 Å². The molecule has 0 bridgehead atoms. The van der Waals surface area contributed by atoms with Crippen LogP contribution in [0.25, 0.3) is 0 Å². The van der Waals surface area contributed by atoms with Crippen LogP contribution in [0, 0.1) is 0 Å². The van der Waals surface area contributed by atoms with Gasteiger partial charge in [-0.05, 0) is 42.7 Å². The Morgan fingerprint density at radius 3 is 2.57 bits per heavy atom. The van der Waals surface area contributed by atoms with Crippen LogP contribution in [0.4, 0.5) is 5.69 Å². The number of benzene rings is 2. The van der Waals surface area contributed by atoms with Crippen molar-refractivity contribution in [2.75, 3.05) is 19.0 Å². The molecule has 0 spiro atoms. The zero-order chi connectivity index (χ0) is 16.5. The van der Waals surface area contributed by atoms with Crippen molar-refractivity contribution in [2.45, 2.75) is 26.2 Å². The second-order valence-corrected chi connectivity index (χ2v) is 5.23. The SMILES string of the molecule is CCc1ccc(OCCCC(=O)Nc2cccc(OC)c2)cc1. The number of hydrogen-bond donors (Lipinski definition) is 1. The molecule has 0 fully saturated rings. The Morgan fingerprint density at radius 1 is 1.09 bits per heavy atom. The number of carbonyl (C=O) groups excluding carboxylic acids is 1. The Bertz CT molecular complexity index is 623. The molecule has 0 saturated heterocycles. The first kappa shape index (κ1) is 16.9. The van der Waals surface area contributed by atoms with Gasteiger partial charge in [-0.3, -0.25) is 4.79 Å². The maximum Gasteiger partial charge on any atom is 0.224 e. The number of methoxy groups -OCH3 is 1. The predicted molar refractivity (Wildman–Crippen MR) is 92.2 cm³/mol. The summed E-state index contributed by atoms with van der Waals surface area (Å²) in [4.78, 5) is 11.9. The molecule has 0 aliphatic heterocycles. The first-order valence-electron chi connectivity index (χ1n) is 7.87. The molecule has 1 N–H and O–H groups in total. The van der Waals surface area contributed by atoms with Gasteiger partial charge < -0.3 is 14.8 Å². The first-order chi connectivity index (χ1) is 11.2. The van der Waals surface area contributed by atoms with Crippen LogP contribution in [-0.2, 0) is 11.2 Å². The summed E-state index contributed by atoms with van der Waals surface area (Å²) < 4.78 is 10.8. The topological polar surface area (TPSA) is 47.6 Å². The van der Waals surface area contributed by atoms with E-state index in [2.05, 4.69) is 24.4 Å². The van der Waals surface area contributed by atoms with E-state index in [0.29, 0.717) is 19.4 Å². The Balaban J connectivity index is 1.69. The van der Waals surface area contributed by atoms with E-state index in [-0.39, 0.29) is 5.91 Å². The number of rotatable bonds is 8. The molecule has 0 aromatic heterocycles. The second-order valence-electron chi connectivity index (χ2n) is 5.23. The molecule has 0 atom stereocenters. The average molecular weight is 313 g/mol. The maximum absolute atomic E-state index is 11.9. The first-order valence-corrected chi connectivity index (χ1v) is 7.87. The number of anilines is 1. The predicted octanol–water partition coefficient (Wildman–Crippen LogP) is 4.06. The second kappa shape index (κ2) is 8.83. The lowest BCUT2D eigenvalue weighted by molar-refractivity contribution is -0.116. The monoisotopic (exact) mass is 313 g/mol. The van der Waals surface area contributed by atoms with Gasteiger partial charge in [-0.2, -0.15) is 0 Å². The number of aryl methyl sites for hydroxylation is 1. The van der Waals surface area contributed by atoms with Crippen molar-refractivity contribution in [1.82, 2.24) is 0 Å². The molecule has 1 amide bonds. The summed E-state index contributed by atoms with van der Waals surface area (Å²) in [7, 11) is 1.60. The molecule has 4 heteroatoms. The lowest BCUT2D eigenvalue weighted by Crippen LogP contribution is -2.12. The third-order valence-electron chi connectivity index (χ3n) is 3.50. The quantitative estimate of drug-likeness (QED) is 0.748. The molecule has 0 aliphatic carbocycles. The van der Waals surface area contributed by atoms with E-state index in [9.17, 15) is 4.79 Å². The van der Waals surface area contributed by atoms with E-state index in [1.165, 1.54) is 5.56 Å². The van der Waals surface area contributed by atoms with Crippen LogP contribution in [0.5, 0.6) is 11.5 Å². The molecule has 23 heavy (non-hydrogen) atoms. The standard InChI is InChI=1S/C19H23NO3/c1-3-15-9-11-17(12-10-15)23-13-5-8-19(21)20-16-6-4-7-18(14-16)22-2/h4,6-7,9-12,14H,3,5,8,13H2,1-2H3,(H,20,21). The summed E-state index contributed by atoms with van der Waals surface area (Å²) in [6.45, 7) is 2.65. The summed E-state index contributed by atoms with van der Waals surface area (Å²) in [6.07, 6.45) is 2.11. The number of amides is 1. The molecule has 4 nitrogen and oxygen atoms in total. The molecule has 0 heterocycles. The Hall–Kier alpha value is -2.49. The van der Waals surface area contributed by atoms with Crippen LogP contribution in [0.3, 0.4) is 0 Å². The van der Waals surface area contributed by atoms with Gasteiger partial charge in [0, 0.05) is 18.2 Å². The summed E-state index contributed by atoms with van der Waals surface area (Å²) in [5.41, 5.74) is 2.03. The highest BCUT2D eigenvalue weighted by molar-refractivity contribution is 5.90. The van der Waals surface area contributed by atoms with Crippen molar-refractivity contribution < 1.29 is 14.3 Å². The number of carbonyl (C=O) groups is 1. The van der Waals surface area contributed by atoms with E-state index >= 15 is 0 Å². The van der Waals surface area contributed by atoms with E-state index in [1.54, 1.807) is 13.2 Å². The largest absolute Gasteiger partial charge is 0.497 e. The molecule has 2 aromatic carbocycles. The fraction of sp³-hybridized carbons (Fsp3) is 0.316. The van der Waals surface area contributed by atoms with Crippen LogP contribution in [-0.4, -0.2) is 19.6 Å². The number of ether oxygens (including phenoxy) is 2. The number of nitrogens with one attached hydrogen (secondary N) is 1. The maximum atomic E-state index is 11.9. The minimum absolute atomic E-state index is 0.0248.